The van der Waals surface area contributed by atoms with Gasteiger partial charge in [0.2, 0.25) is 5.91 Å². The van der Waals surface area contributed by atoms with E-state index in [2.05, 4.69) is 40.1 Å². The van der Waals surface area contributed by atoms with Gasteiger partial charge in [0.1, 0.15) is 0 Å². The van der Waals surface area contributed by atoms with E-state index in [0.717, 1.165) is 32.1 Å². The summed E-state index contributed by atoms with van der Waals surface area (Å²) in [4.78, 5) is 17.4. The van der Waals surface area contributed by atoms with Crippen LogP contribution < -0.4 is 0 Å². The monoisotopic (exact) mass is 344 g/mol. The Balaban J connectivity index is 1.34. The highest BCUT2D eigenvalue weighted by molar-refractivity contribution is 7.99. The molecule has 130 valence electrons. The Kier molecular flexibility index (Phi) is 5.14. The van der Waals surface area contributed by atoms with Crippen LogP contribution in [0.5, 0.6) is 0 Å². The summed E-state index contributed by atoms with van der Waals surface area (Å²) in [7, 11) is 0. The maximum atomic E-state index is 12.6. The highest BCUT2D eigenvalue weighted by Crippen LogP contribution is 2.33. The number of carbonyl (C=O) groups is 1. The van der Waals surface area contributed by atoms with E-state index in [4.69, 9.17) is 0 Å². The largest absolute Gasteiger partial charge is 0.340 e. The minimum absolute atomic E-state index is 0.374. The summed E-state index contributed by atoms with van der Waals surface area (Å²) >= 11 is 1.85. The molecule has 4 heteroatoms. The average Bonchev–Trinajstić information content (AvgIpc) is 3.43. The van der Waals surface area contributed by atoms with Crippen LogP contribution in [0.15, 0.2) is 30.3 Å². The summed E-state index contributed by atoms with van der Waals surface area (Å²) in [5.41, 5.74) is 1.39. The van der Waals surface area contributed by atoms with Gasteiger partial charge in [-0.1, -0.05) is 30.3 Å². The van der Waals surface area contributed by atoms with Crippen molar-refractivity contribution in [3.8, 4) is 0 Å². The van der Waals surface area contributed by atoms with Crippen molar-refractivity contribution < 1.29 is 4.79 Å². The van der Waals surface area contributed by atoms with Gasteiger partial charge < -0.3 is 4.90 Å². The zero-order valence-corrected chi connectivity index (χ0v) is 15.2. The van der Waals surface area contributed by atoms with Crippen molar-refractivity contribution >= 4 is 17.7 Å². The lowest BCUT2D eigenvalue weighted by molar-refractivity contribution is -0.128. The third-order valence-corrected chi connectivity index (χ3v) is 6.84. The molecular weight excluding hydrogens is 316 g/mol. The predicted molar refractivity (Wildman–Crippen MR) is 100.0 cm³/mol. The fraction of sp³-hybridized carbons (Fsp3) is 0.650. The van der Waals surface area contributed by atoms with Crippen LogP contribution in [0.1, 0.15) is 31.2 Å². The van der Waals surface area contributed by atoms with Gasteiger partial charge in [0.05, 0.1) is 5.75 Å². The standard InChI is InChI=1S/C20H28N2OS/c23-20(15-24-14-17-6-7-17)22-12-18-8-9-19(13-22)21(11-18)10-16-4-2-1-3-5-16/h1-5,17-19H,6-15H2/t18-,19-/m0/s1. The molecule has 4 aliphatic rings. The molecule has 3 nitrogen and oxygen atoms in total. The number of amides is 1. The van der Waals surface area contributed by atoms with Gasteiger partial charge in [-0.15, -0.1) is 0 Å². The average molecular weight is 345 g/mol. The fourth-order valence-corrected chi connectivity index (χ4v) is 5.22. The van der Waals surface area contributed by atoms with E-state index in [0.29, 0.717) is 23.6 Å². The van der Waals surface area contributed by atoms with Crippen LogP contribution >= 0.6 is 11.8 Å². The second-order valence-electron chi connectivity index (χ2n) is 7.77. The highest BCUT2D eigenvalue weighted by atomic mass is 32.2. The molecule has 0 radical (unpaired) electrons. The number of rotatable bonds is 6. The fourth-order valence-electron chi connectivity index (χ4n) is 4.08. The second kappa shape index (κ2) is 7.49. The molecule has 1 aromatic carbocycles. The zero-order chi connectivity index (χ0) is 16.4. The van der Waals surface area contributed by atoms with Crippen molar-refractivity contribution in [1.29, 1.82) is 0 Å². The molecule has 1 amide bonds. The van der Waals surface area contributed by atoms with E-state index in [-0.39, 0.29) is 0 Å². The van der Waals surface area contributed by atoms with E-state index < -0.39 is 0 Å². The van der Waals surface area contributed by atoms with Gasteiger partial charge in [0.15, 0.2) is 0 Å². The van der Waals surface area contributed by atoms with Crippen LogP contribution in [0, 0.1) is 11.8 Å². The minimum Gasteiger partial charge on any atom is -0.340 e. The van der Waals surface area contributed by atoms with Crippen molar-refractivity contribution in [3.05, 3.63) is 35.9 Å². The number of hydrogen-bond acceptors (Lipinski definition) is 3. The van der Waals surface area contributed by atoms with Crippen LogP contribution in [0.2, 0.25) is 0 Å². The lowest BCUT2D eigenvalue weighted by Crippen LogP contribution is -2.44. The van der Waals surface area contributed by atoms with Crippen LogP contribution in [0.4, 0.5) is 0 Å². The SMILES string of the molecule is O=C(CSCC1CC1)N1C[C@H]2CC[C@@H](C1)N(Cc1ccccc1)C2. The molecule has 3 saturated heterocycles. The highest BCUT2D eigenvalue weighted by Gasteiger charge is 2.36. The van der Waals surface area contributed by atoms with Crippen molar-refractivity contribution in [3.63, 3.8) is 0 Å². The van der Waals surface area contributed by atoms with Crippen molar-refractivity contribution in [2.24, 2.45) is 11.8 Å². The van der Waals surface area contributed by atoms with Gasteiger partial charge in [0, 0.05) is 32.2 Å². The predicted octanol–water partition coefficient (Wildman–Crippen LogP) is 3.25. The van der Waals surface area contributed by atoms with Gasteiger partial charge in [-0.05, 0) is 48.8 Å². The van der Waals surface area contributed by atoms with Crippen LogP contribution in [0.3, 0.4) is 0 Å². The Labute approximate surface area is 149 Å². The minimum atomic E-state index is 0.374. The number of hydrogen-bond donors (Lipinski definition) is 0. The van der Waals surface area contributed by atoms with E-state index >= 15 is 0 Å². The van der Waals surface area contributed by atoms with Gasteiger partial charge in [-0.2, -0.15) is 11.8 Å². The summed E-state index contributed by atoms with van der Waals surface area (Å²) in [5, 5.41) is 0. The van der Waals surface area contributed by atoms with Crippen molar-refractivity contribution in [1.82, 2.24) is 9.80 Å². The number of thioether (sulfide) groups is 1. The Morgan fingerprint density at radius 2 is 1.88 bits per heavy atom. The second-order valence-corrected chi connectivity index (χ2v) is 8.80. The lowest BCUT2D eigenvalue weighted by atomic mass is 9.94. The third-order valence-electron chi connectivity index (χ3n) is 5.68. The summed E-state index contributed by atoms with van der Waals surface area (Å²) in [5.74, 6) is 3.81. The number of benzene rings is 1. The first-order chi connectivity index (χ1) is 11.8. The van der Waals surface area contributed by atoms with E-state index in [1.807, 2.05) is 11.8 Å². The first kappa shape index (κ1) is 16.5. The molecule has 2 bridgehead atoms. The van der Waals surface area contributed by atoms with E-state index in [1.165, 1.54) is 37.0 Å². The molecule has 3 aliphatic heterocycles. The van der Waals surface area contributed by atoms with Crippen LogP contribution in [-0.2, 0) is 11.3 Å². The maximum Gasteiger partial charge on any atom is 0.232 e. The first-order valence-corrected chi connectivity index (χ1v) is 10.6. The third kappa shape index (κ3) is 4.15. The van der Waals surface area contributed by atoms with Gasteiger partial charge in [-0.3, -0.25) is 9.69 Å². The summed E-state index contributed by atoms with van der Waals surface area (Å²) in [6.07, 6.45) is 5.29. The lowest BCUT2D eigenvalue weighted by Gasteiger charge is -2.36. The number of piperidine rings is 1. The molecule has 4 fully saturated rings. The van der Waals surface area contributed by atoms with E-state index in [9.17, 15) is 4.79 Å². The molecule has 0 aromatic heterocycles. The molecule has 2 atom stereocenters. The van der Waals surface area contributed by atoms with Gasteiger partial charge >= 0.3 is 0 Å². The first-order valence-electron chi connectivity index (χ1n) is 9.41. The molecule has 0 spiro atoms. The van der Waals surface area contributed by atoms with Crippen LogP contribution in [-0.4, -0.2) is 52.9 Å². The topological polar surface area (TPSA) is 23.6 Å². The Morgan fingerprint density at radius 3 is 2.67 bits per heavy atom. The molecular formula is C20H28N2OS. The molecule has 1 saturated carbocycles. The molecule has 1 aliphatic carbocycles. The van der Waals surface area contributed by atoms with Crippen molar-refractivity contribution in [2.45, 2.75) is 38.3 Å². The Bertz CT molecular complexity index is 560. The quantitative estimate of drug-likeness (QED) is 0.791. The van der Waals surface area contributed by atoms with Gasteiger partial charge in [0.25, 0.3) is 0 Å². The maximum absolute atomic E-state index is 12.6. The number of carbonyl (C=O) groups excluding carboxylic acids is 1. The summed E-state index contributed by atoms with van der Waals surface area (Å²) in [6.45, 7) is 4.09. The molecule has 24 heavy (non-hydrogen) atoms. The molecule has 1 aromatic rings. The Hall–Kier alpha value is -1.00. The molecule has 3 heterocycles. The van der Waals surface area contributed by atoms with Gasteiger partial charge in [-0.25, -0.2) is 0 Å². The summed E-state index contributed by atoms with van der Waals surface area (Å²) in [6, 6.07) is 11.3. The molecule has 0 unspecified atom stereocenters. The number of fused-ring (bicyclic) bond motifs is 4. The zero-order valence-electron chi connectivity index (χ0n) is 14.4. The smallest absolute Gasteiger partial charge is 0.232 e. The van der Waals surface area contributed by atoms with Crippen molar-refractivity contribution in [2.75, 3.05) is 31.1 Å². The Morgan fingerprint density at radius 1 is 1.04 bits per heavy atom. The summed E-state index contributed by atoms with van der Waals surface area (Å²) < 4.78 is 0. The number of nitrogens with zero attached hydrogens (tertiary/aromatic N) is 2. The molecule has 0 N–H and O–H groups in total. The van der Waals surface area contributed by atoms with Crippen LogP contribution in [0.25, 0.3) is 0 Å². The molecule has 5 rings (SSSR count). The normalized spacial score (nSPS) is 27.2. The van der Waals surface area contributed by atoms with E-state index in [1.54, 1.807) is 0 Å².